The number of nitrogens with zero attached hydrogens (tertiary/aromatic N) is 1. The van der Waals surface area contributed by atoms with Crippen LogP contribution in [0.1, 0.15) is 37.3 Å². The maximum atomic E-state index is 12.8. The molecule has 5 nitrogen and oxygen atoms in total. The quantitative estimate of drug-likeness (QED) is 0.731. The van der Waals surface area contributed by atoms with Crippen molar-refractivity contribution >= 4 is 29.9 Å². The number of benzene rings is 1. The zero-order valence-corrected chi connectivity index (χ0v) is 15.8. The van der Waals surface area contributed by atoms with E-state index in [1.807, 2.05) is 29.2 Å². The molecule has 3 saturated heterocycles. The lowest BCUT2D eigenvalue weighted by Crippen LogP contribution is -2.50. The summed E-state index contributed by atoms with van der Waals surface area (Å²) in [6.45, 7) is 4.01. The van der Waals surface area contributed by atoms with E-state index in [0.717, 1.165) is 56.0 Å². The van der Waals surface area contributed by atoms with Crippen LogP contribution in [0.2, 0.25) is 5.02 Å². The largest absolute Gasteiger partial charge is 0.341 e. The summed E-state index contributed by atoms with van der Waals surface area (Å²) in [6, 6.07) is 7.75. The molecule has 2 unspecified atom stereocenters. The molecular weight excluding hydrogens is 359 g/mol. The van der Waals surface area contributed by atoms with Crippen molar-refractivity contribution in [3.63, 3.8) is 0 Å². The fourth-order valence-corrected chi connectivity index (χ4v) is 4.59. The molecule has 0 bridgehead atoms. The lowest BCUT2D eigenvalue weighted by atomic mass is 9.77. The van der Waals surface area contributed by atoms with Gasteiger partial charge in [0, 0.05) is 30.7 Å². The van der Waals surface area contributed by atoms with Crippen LogP contribution in [0.25, 0.3) is 0 Å². The van der Waals surface area contributed by atoms with Gasteiger partial charge in [-0.2, -0.15) is 0 Å². The molecule has 25 heavy (non-hydrogen) atoms. The summed E-state index contributed by atoms with van der Waals surface area (Å²) >= 11 is 6.28. The van der Waals surface area contributed by atoms with Crippen LogP contribution < -0.4 is 16.2 Å². The third-order valence-electron chi connectivity index (χ3n) is 5.95. The topological polar surface area (TPSA) is 56.4 Å². The van der Waals surface area contributed by atoms with Gasteiger partial charge in [0.2, 0.25) is 5.91 Å². The molecule has 3 heterocycles. The third kappa shape index (κ3) is 3.81. The Kier molecular flexibility index (Phi) is 5.91. The van der Waals surface area contributed by atoms with E-state index < -0.39 is 0 Å². The molecule has 1 amide bonds. The number of likely N-dealkylation sites (tertiary alicyclic amines) is 1. The molecule has 0 aromatic heterocycles. The maximum Gasteiger partial charge on any atom is 0.241 e. The van der Waals surface area contributed by atoms with Gasteiger partial charge in [-0.1, -0.05) is 29.8 Å². The van der Waals surface area contributed by atoms with Crippen molar-refractivity contribution in [1.82, 2.24) is 21.1 Å². The molecule has 1 aromatic rings. The molecule has 3 aliphatic heterocycles. The zero-order chi connectivity index (χ0) is 16.6. The molecule has 3 N–H and O–H groups in total. The van der Waals surface area contributed by atoms with Crippen LogP contribution >= 0.6 is 24.0 Å². The van der Waals surface area contributed by atoms with Crippen molar-refractivity contribution in [2.24, 2.45) is 5.41 Å². The maximum absolute atomic E-state index is 12.8. The highest BCUT2D eigenvalue weighted by Gasteiger charge is 2.40. The smallest absolute Gasteiger partial charge is 0.241 e. The van der Waals surface area contributed by atoms with Crippen LogP contribution in [0.3, 0.4) is 0 Å². The van der Waals surface area contributed by atoms with Gasteiger partial charge in [-0.15, -0.1) is 12.4 Å². The van der Waals surface area contributed by atoms with Crippen molar-refractivity contribution < 1.29 is 4.79 Å². The predicted octanol–water partition coefficient (Wildman–Crippen LogP) is 2.27. The molecule has 3 aliphatic rings. The number of hydrogen-bond donors (Lipinski definition) is 3. The first-order valence-electron chi connectivity index (χ1n) is 8.92. The van der Waals surface area contributed by atoms with Gasteiger partial charge in [0.05, 0.1) is 0 Å². The van der Waals surface area contributed by atoms with Gasteiger partial charge in [-0.25, -0.2) is 10.9 Å². The van der Waals surface area contributed by atoms with E-state index in [0.29, 0.717) is 5.41 Å². The number of carbonyl (C=O) groups excluding carboxylic acids is 1. The van der Waals surface area contributed by atoms with Crippen LogP contribution in [0.15, 0.2) is 24.3 Å². The Morgan fingerprint density at radius 2 is 1.92 bits per heavy atom. The Morgan fingerprint density at radius 3 is 2.60 bits per heavy atom. The first kappa shape index (κ1) is 18.9. The number of halogens is 2. The van der Waals surface area contributed by atoms with Gasteiger partial charge in [-0.05, 0) is 49.3 Å². The van der Waals surface area contributed by atoms with Gasteiger partial charge in [0.1, 0.15) is 6.04 Å². The lowest BCUT2D eigenvalue weighted by Gasteiger charge is -2.39. The monoisotopic (exact) mass is 384 g/mol. The lowest BCUT2D eigenvalue weighted by molar-refractivity contribution is -0.135. The molecule has 4 rings (SSSR count). The Balaban J connectivity index is 0.00000182. The minimum Gasteiger partial charge on any atom is -0.341 e. The third-order valence-corrected chi connectivity index (χ3v) is 6.29. The van der Waals surface area contributed by atoms with Crippen molar-refractivity contribution in [3.05, 3.63) is 34.9 Å². The zero-order valence-electron chi connectivity index (χ0n) is 14.3. The summed E-state index contributed by atoms with van der Waals surface area (Å²) < 4.78 is 0. The summed E-state index contributed by atoms with van der Waals surface area (Å²) in [5, 5.41) is 4.22. The van der Waals surface area contributed by atoms with Crippen molar-refractivity contribution in [2.75, 3.05) is 26.2 Å². The van der Waals surface area contributed by atoms with Crippen LogP contribution in [0, 0.1) is 5.41 Å². The van der Waals surface area contributed by atoms with E-state index in [1.54, 1.807) is 0 Å². The van der Waals surface area contributed by atoms with Gasteiger partial charge in [-0.3, -0.25) is 4.79 Å². The summed E-state index contributed by atoms with van der Waals surface area (Å²) in [6.07, 6.45) is 4.25. The van der Waals surface area contributed by atoms with Gasteiger partial charge < -0.3 is 10.2 Å². The summed E-state index contributed by atoms with van der Waals surface area (Å²) in [5.41, 5.74) is 7.91. The first-order chi connectivity index (χ1) is 11.7. The van der Waals surface area contributed by atoms with Gasteiger partial charge in [0.15, 0.2) is 0 Å². The predicted molar refractivity (Wildman–Crippen MR) is 102 cm³/mol. The first-order valence-corrected chi connectivity index (χ1v) is 9.30. The highest BCUT2D eigenvalue weighted by atomic mass is 35.5. The van der Waals surface area contributed by atoms with E-state index in [2.05, 4.69) is 16.2 Å². The SMILES string of the molecule is Cl.O=C(C1CC(c2ccccc2Cl)NN1)N1CCC2(CCNC2)CC1. The standard InChI is InChI=1S/C18H25ClN4O.ClH/c19-14-4-2-1-3-13(14)15-11-16(22-21-15)17(24)23-9-6-18(7-10-23)5-8-20-12-18;/h1-4,15-16,20-22H,5-12H2;1H. The molecule has 0 radical (unpaired) electrons. The Bertz CT molecular complexity index is 611. The van der Waals surface area contributed by atoms with Crippen LogP contribution in [0.4, 0.5) is 0 Å². The van der Waals surface area contributed by atoms with Crippen LogP contribution in [-0.2, 0) is 4.79 Å². The van der Waals surface area contributed by atoms with Crippen LogP contribution in [0.5, 0.6) is 0 Å². The second kappa shape index (κ2) is 7.80. The van der Waals surface area contributed by atoms with E-state index in [-0.39, 0.29) is 30.4 Å². The summed E-state index contributed by atoms with van der Waals surface area (Å²) in [4.78, 5) is 14.9. The fraction of sp³-hybridized carbons (Fsp3) is 0.611. The Hall–Kier alpha value is -0.850. The average Bonchev–Trinajstić information content (AvgIpc) is 3.26. The Morgan fingerprint density at radius 1 is 1.16 bits per heavy atom. The minimum absolute atomic E-state index is 0. The Labute approximate surface area is 160 Å². The second-order valence-electron chi connectivity index (χ2n) is 7.40. The van der Waals surface area contributed by atoms with E-state index in [4.69, 9.17) is 11.6 Å². The fourth-order valence-electron chi connectivity index (χ4n) is 4.32. The molecular formula is C18H26Cl2N4O. The van der Waals surface area contributed by atoms with Crippen molar-refractivity contribution in [1.29, 1.82) is 0 Å². The number of carbonyl (C=O) groups is 1. The van der Waals surface area contributed by atoms with E-state index in [9.17, 15) is 4.79 Å². The second-order valence-corrected chi connectivity index (χ2v) is 7.81. The molecule has 138 valence electrons. The van der Waals surface area contributed by atoms with Crippen molar-refractivity contribution in [2.45, 2.75) is 37.8 Å². The molecule has 1 spiro atoms. The summed E-state index contributed by atoms with van der Waals surface area (Å²) in [5.74, 6) is 0.220. The summed E-state index contributed by atoms with van der Waals surface area (Å²) in [7, 11) is 0. The highest BCUT2D eigenvalue weighted by molar-refractivity contribution is 6.31. The minimum atomic E-state index is -0.165. The van der Waals surface area contributed by atoms with E-state index in [1.165, 1.54) is 6.42 Å². The molecule has 2 atom stereocenters. The molecule has 0 saturated carbocycles. The number of piperidine rings is 1. The molecule has 1 aromatic carbocycles. The number of amides is 1. The molecule has 7 heteroatoms. The number of hydrogen-bond acceptors (Lipinski definition) is 4. The number of rotatable bonds is 2. The van der Waals surface area contributed by atoms with Gasteiger partial charge in [0.25, 0.3) is 0 Å². The van der Waals surface area contributed by atoms with Gasteiger partial charge >= 0.3 is 0 Å². The van der Waals surface area contributed by atoms with E-state index >= 15 is 0 Å². The number of nitrogens with one attached hydrogen (secondary N) is 3. The molecule has 3 fully saturated rings. The number of hydrazine groups is 1. The highest BCUT2D eigenvalue weighted by Crippen LogP contribution is 2.37. The average molecular weight is 385 g/mol. The molecule has 0 aliphatic carbocycles. The van der Waals surface area contributed by atoms with Crippen LogP contribution in [-0.4, -0.2) is 43.0 Å². The van der Waals surface area contributed by atoms with Crippen molar-refractivity contribution in [3.8, 4) is 0 Å². The normalized spacial score (nSPS) is 28.1.